The first-order chi connectivity index (χ1) is 15.0. The van der Waals surface area contributed by atoms with Crippen molar-refractivity contribution in [3.05, 3.63) is 23.3 Å². The van der Waals surface area contributed by atoms with Crippen molar-refractivity contribution in [2.45, 2.75) is 116 Å². The largest absolute Gasteiger partial charge is 0.504 e. The topological polar surface area (TPSA) is 49.7 Å². The molecule has 1 aromatic rings. The fourth-order valence-electron chi connectivity index (χ4n) is 7.09. The van der Waals surface area contributed by atoms with Crippen molar-refractivity contribution in [2.75, 3.05) is 6.61 Å². The normalized spacial score (nSPS) is 31.7. The maximum atomic E-state index is 10.6. The number of aryl methyl sites for hydroxylation is 1. The molecular formula is C28H44O3. The molecule has 3 aliphatic carbocycles. The molecule has 5 atom stereocenters. The molecule has 3 aliphatic rings. The lowest BCUT2D eigenvalue weighted by Gasteiger charge is -2.50. The quantitative estimate of drug-likeness (QED) is 0.390. The highest BCUT2D eigenvalue weighted by Crippen LogP contribution is 2.61. The van der Waals surface area contributed by atoms with Gasteiger partial charge in [-0.25, -0.2) is 0 Å². The summed E-state index contributed by atoms with van der Waals surface area (Å²) in [6, 6.07) is 4.15. The summed E-state index contributed by atoms with van der Waals surface area (Å²) < 4.78 is 6.06. The van der Waals surface area contributed by atoms with Crippen molar-refractivity contribution < 1.29 is 14.9 Å². The molecule has 4 rings (SSSR count). The molecule has 1 unspecified atom stereocenters. The van der Waals surface area contributed by atoms with Crippen molar-refractivity contribution >= 4 is 0 Å². The van der Waals surface area contributed by atoms with Gasteiger partial charge in [0.15, 0.2) is 11.5 Å². The van der Waals surface area contributed by atoms with Crippen LogP contribution in [0.4, 0.5) is 0 Å². The van der Waals surface area contributed by atoms with Gasteiger partial charge in [-0.05, 0) is 91.4 Å². The predicted octanol–water partition coefficient (Wildman–Crippen LogP) is 7.13. The van der Waals surface area contributed by atoms with Crippen LogP contribution in [0.15, 0.2) is 12.1 Å². The summed E-state index contributed by atoms with van der Waals surface area (Å²) in [7, 11) is 0. The van der Waals surface area contributed by atoms with Crippen LogP contribution in [0.5, 0.6) is 11.5 Å². The fraction of sp³-hybridized carbons (Fsp3) is 0.786. The fourth-order valence-corrected chi connectivity index (χ4v) is 7.09. The van der Waals surface area contributed by atoms with Gasteiger partial charge in [0.05, 0.1) is 12.7 Å². The Balaban J connectivity index is 1.33. The lowest BCUT2D eigenvalue weighted by atomic mass is 9.55. The van der Waals surface area contributed by atoms with E-state index in [1.807, 2.05) is 6.07 Å². The number of aliphatic hydroxyl groups is 1. The monoisotopic (exact) mass is 428 g/mol. The van der Waals surface area contributed by atoms with E-state index < -0.39 is 0 Å². The third-order valence-electron chi connectivity index (χ3n) is 9.01. The molecule has 0 heterocycles. The van der Waals surface area contributed by atoms with E-state index >= 15 is 0 Å². The number of hydrogen-bond donors (Lipinski definition) is 2. The van der Waals surface area contributed by atoms with Crippen LogP contribution in [0.3, 0.4) is 0 Å². The van der Waals surface area contributed by atoms with Crippen LogP contribution in [0.1, 0.15) is 114 Å². The Labute approximate surface area is 189 Å². The number of phenolic OH excluding ortho intramolecular Hbond substituents is 1. The third-order valence-corrected chi connectivity index (χ3v) is 9.01. The van der Waals surface area contributed by atoms with Gasteiger partial charge >= 0.3 is 0 Å². The summed E-state index contributed by atoms with van der Waals surface area (Å²) in [6.07, 6.45) is 16.9. The van der Waals surface area contributed by atoms with Crippen molar-refractivity contribution in [1.29, 1.82) is 0 Å². The second kappa shape index (κ2) is 10.1. The van der Waals surface area contributed by atoms with Crippen LogP contribution < -0.4 is 4.74 Å². The van der Waals surface area contributed by atoms with Crippen LogP contribution in [0.25, 0.3) is 0 Å². The second-order valence-electron chi connectivity index (χ2n) is 10.9. The van der Waals surface area contributed by atoms with E-state index in [0.717, 1.165) is 32.1 Å². The highest BCUT2D eigenvalue weighted by molar-refractivity contribution is 5.49. The molecule has 0 amide bonds. The summed E-state index contributed by atoms with van der Waals surface area (Å²) in [4.78, 5) is 0. The average molecular weight is 429 g/mol. The van der Waals surface area contributed by atoms with Crippen molar-refractivity contribution in [1.82, 2.24) is 0 Å². The number of fused-ring (bicyclic) bond motifs is 5. The minimum atomic E-state index is -0.120. The van der Waals surface area contributed by atoms with Crippen LogP contribution in [-0.2, 0) is 6.42 Å². The van der Waals surface area contributed by atoms with Crippen molar-refractivity contribution in [2.24, 2.45) is 17.3 Å². The van der Waals surface area contributed by atoms with E-state index in [-0.39, 0.29) is 11.5 Å². The van der Waals surface area contributed by atoms with Crippen LogP contribution in [-0.4, -0.2) is 22.9 Å². The first-order valence-electron chi connectivity index (χ1n) is 13.2. The van der Waals surface area contributed by atoms with E-state index in [9.17, 15) is 10.2 Å². The number of rotatable bonds is 10. The van der Waals surface area contributed by atoms with Crippen LogP contribution in [0.2, 0.25) is 0 Å². The smallest absolute Gasteiger partial charge is 0.161 e. The highest BCUT2D eigenvalue weighted by atomic mass is 16.5. The average Bonchev–Trinajstić information content (AvgIpc) is 3.07. The van der Waals surface area contributed by atoms with Gasteiger partial charge in [0.25, 0.3) is 0 Å². The summed E-state index contributed by atoms with van der Waals surface area (Å²) in [5, 5.41) is 21.2. The Morgan fingerprint density at radius 3 is 2.48 bits per heavy atom. The Morgan fingerprint density at radius 2 is 1.71 bits per heavy atom. The molecule has 0 aliphatic heterocycles. The Morgan fingerprint density at radius 1 is 0.968 bits per heavy atom. The summed E-state index contributed by atoms with van der Waals surface area (Å²) in [6.45, 7) is 5.29. The lowest BCUT2D eigenvalue weighted by molar-refractivity contribution is -0.0226. The molecule has 1 aromatic carbocycles. The van der Waals surface area contributed by atoms with E-state index in [1.165, 1.54) is 68.9 Å². The minimum absolute atomic E-state index is 0.117. The number of aliphatic hydroxyl groups excluding tert-OH is 1. The standard InChI is InChI=1S/C28H44O3/c1-3-4-5-6-7-8-9-10-17-31-26-19-23-20(18-25(26)29)11-12-22-21(23)15-16-28(2)24(22)13-14-27(28)30/h18-19,21-22,24,27,29-30H,3-17H2,1-2H3/t21-,22+,24-,27?,28-/m0/s1. The number of phenols is 1. The molecule has 0 saturated heterocycles. The molecule has 174 valence electrons. The zero-order chi connectivity index (χ0) is 21.8. The zero-order valence-corrected chi connectivity index (χ0v) is 19.9. The van der Waals surface area contributed by atoms with E-state index in [0.29, 0.717) is 35.9 Å². The number of aromatic hydroxyl groups is 1. The number of ether oxygens (including phenoxy) is 1. The van der Waals surface area contributed by atoms with E-state index in [1.54, 1.807) is 0 Å². The number of unbranched alkanes of at least 4 members (excludes halogenated alkanes) is 7. The highest BCUT2D eigenvalue weighted by Gasteiger charge is 2.54. The lowest BCUT2D eigenvalue weighted by Crippen LogP contribution is -2.43. The Bertz CT molecular complexity index is 729. The molecule has 2 saturated carbocycles. The SMILES string of the molecule is CCCCCCCCCCOc1cc2c(cc1O)CC[C@@H]1[C@@H]2CC[C@]2(C)C(O)CC[C@@H]12. The van der Waals surface area contributed by atoms with Gasteiger partial charge < -0.3 is 14.9 Å². The molecule has 0 bridgehead atoms. The van der Waals surface area contributed by atoms with Crippen molar-refractivity contribution in [3.8, 4) is 11.5 Å². The predicted molar refractivity (Wildman–Crippen MR) is 127 cm³/mol. The molecule has 3 heteroatoms. The molecule has 2 N–H and O–H groups in total. The molecular weight excluding hydrogens is 384 g/mol. The van der Waals surface area contributed by atoms with Gasteiger partial charge in [0, 0.05) is 0 Å². The van der Waals surface area contributed by atoms with E-state index in [2.05, 4.69) is 19.9 Å². The molecule has 0 spiro atoms. The summed E-state index contributed by atoms with van der Waals surface area (Å²) in [5.41, 5.74) is 2.86. The molecule has 31 heavy (non-hydrogen) atoms. The maximum Gasteiger partial charge on any atom is 0.161 e. The summed E-state index contributed by atoms with van der Waals surface area (Å²) >= 11 is 0. The second-order valence-corrected chi connectivity index (χ2v) is 10.9. The summed E-state index contributed by atoms with van der Waals surface area (Å²) in [5.74, 6) is 2.88. The Kier molecular flexibility index (Phi) is 7.52. The number of benzene rings is 1. The molecule has 3 nitrogen and oxygen atoms in total. The Hall–Kier alpha value is -1.22. The van der Waals surface area contributed by atoms with E-state index in [4.69, 9.17) is 4.74 Å². The molecule has 2 fully saturated rings. The van der Waals surface area contributed by atoms with Gasteiger partial charge in [-0.1, -0.05) is 58.8 Å². The molecule has 0 aromatic heterocycles. The third kappa shape index (κ3) is 4.77. The van der Waals surface area contributed by atoms with Crippen LogP contribution in [0, 0.1) is 17.3 Å². The van der Waals surface area contributed by atoms with Crippen molar-refractivity contribution in [3.63, 3.8) is 0 Å². The van der Waals surface area contributed by atoms with Gasteiger partial charge in [-0.3, -0.25) is 0 Å². The first kappa shape index (κ1) is 23.0. The number of hydrogen-bond acceptors (Lipinski definition) is 3. The maximum absolute atomic E-state index is 10.6. The first-order valence-corrected chi connectivity index (χ1v) is 13.2. The van der Waals surface area contributed by atoms with Gasteiger partial charge in [-0.2, -0.15) is 0 Å². The van der Waals surface area contributed by atoms with Gasteiger partial charge in [0.2, 0.25) is 0 Å². The molecule has 0 radical (unpaired) electrons. The van der Waals surface area contributed by atoms with Gasteiger partial charge in [-0.15, -0.1) is 0 Å². The zero-order valence-electron chi connectivity index (χ0n) is 19.9. The van der Waals surface area contributed by atoms with Gasteiger partial charge in [0.1, 0.15) is 0 Å². The van der Waals surface area contributed by atoms with Crippen LogP contribution >= 0.6 is 0 Å². The minimum Gasteiger partial charge on any atom is -0.504 e.